The molecule has 0 radical (unpaired) electrons. The summed E-state index contributed by atoms with van der Waals surface area (Å²) in [5.74, 6) is -1.58. The Morgan fingerprint density at radius 2 is 1.51 bits per heavy atom. The van der Waals surface area contributed by atoms with E-state index in [1.165, 1.54) is 24.1 Å². The first kappa shape index (κ1) is 27.9. The summed E-state index contributed by atoms with van der Waals surface area (Å²) in [5, 5.41) is 2.60. The number of para-hydroxylation sites is 1. The zero-order valence-corrected chi connectivity index (χ0v) is 22.0. The molecule has 0 aliphatic carbocycles. The molecule has 0 saturated carbocycles. The van der Waals surface area contributed by atoms with Crippen molar-refractivity contribution in [3.8, 4) is 0 Å². The minimum atomic E-state index is -3.86. The average molecular weight is 526 g/mol. The number of aryl methyl sites for hydroxylation is 1. The number of sulfonamides is 1. The third-order valence-corrected chi connectivity index (χ3v) is 7.26. The second-order valence-corrected chi connectivity index (χ2v) is 10.6. The number of likely N-dealkylation sites (N-methyl/N-ethyl adjacent to an activating group) is 1. The van der Waals surface area contributed by atoms with Crippen molar-refractivity contribution in [1.82, 2.24) is 10.2 Å². The maximum absolute atomic E-state index is 14.7. The second kappa shape index (κ2) is 12.5. The van der Waals surface area contributed by atoms with Crippen molar-refractivity contribution in [2.45, 2.75) is 32.4 Å². The average Bonchev–Trinajstić information content (AvgIpc) is 2.89. The van der Waals surface area contributed by atoms with Crippen LogP contribution < -0.4 is 9.62 Å². The lowest BCUT2D eigenvalue weighted by Gasteiger charge is -2.33. The fourth-order valence-corrected chi connectivity index (χ4v) is 5.06. The molecule has 0 aliphatic heterocycles. The number of anilines is 1. The Hall–Kier alpha value is -3.72. The molecule has 7 nitrogen and oxygen atoms in total. The molecule has 0 spiro atoms. The fraction of sp³-hybridized carbons (Fsp3) is 0.286. The maximum Gasteiger partial charge on any atom is 0.244 e. The lowest BCUT2D eigenvalue weighted by atomic mass is 10.0. The smallest absolute Gasteiger partial charge is 0.244 e. The molecule has 3 aromatic rings. The monoisotopic (exact) mass is 525 g/mol. The highest BCUT2D eigenvalue weighted by Gasteiger charge is 2.33. The van der Waals surface area contributed by atoms with Crippen molar-refractivity contribution >= 4 is 27.5 Å². The van der Waals surface area contributed by atoms with Crippen LogP contribution in [0.3, 0.4) is 0 Å². The summed E-state index contributed by atoms with van der Waals surface area (Å²) in [6.45, 7) is 1.16. The van der Waals surface area contributed by atoms with Crippen LogP contribution in [0.1, 0.15) is 23.6 Å². The second-order valence-electron chi connectivity index (χ2n) is 8.68. The Morgan fingerprint density at radius 1 is 0.919 bits per heavy atom. The zero-order chi connectivity index (χ0) is 27.0. The highest BCUT2D eigenvalue weighted by molar-refractivity contribution is 7.92. The first-order valence-corrected chi connectivity index (χ1v) is 13.8. The third kappa shape index (κ3) is 7.16. The van der Waals surface area contributed by atoms with Crippen LogP contribution in [-0.2, 0) is 39.0 Å². The number of hydrogen-bond donors (Lipinski definition) is 1. The van der Waals surface area contributed by atoms with Gasteiger partial charge in [0.2, 0.25) is 21.8 Å². The van der Waals surface area contributed by atoms with Gasteiger partial charge >= 0.3 is 0 Å². The van der Waals surface area contributed by atoms with Crippen molar-refractivity contribution in [3.63, 3.8) is 0 Å². The van der Waals surface area contributed by atoms with Crippen molar-refractivity contribution in [2.24, 2.45) is 0 Å². The molecule has 1 N–H and O–H groups in total. The number of hydrogen-bond acceptors (Lipinski definition) is 4. The van der Waals surface area contributed by atoms with E-state index < -0.39 is 40.2 Å². The Bertz CT molecular complexity index is 1330. The van der Waals surface area contributed by atoms with Crippen LogP contribution in [0.5, 0.6) is 0 Å². The molecule has 196 valence electrons. The lowest BCUT2D eigenvalue weighted by Crippen LogP contribution is -2.53. The Balaban J connectivity index is 2.06. The van der Waals surface area contributed by atoms with Crippen LogP contribution in [0.4, 0.5) is 10.1 Å². The van der Waals surface area contributed by atoms with Crippen LogP contribution in [0, 0.1) is 5.82 Å². The summed E-state index contributed by atoms with van der Waals surface area (Å²) in [7, 11) is -2.39. The van der Waals surface area contributed by atoms with E-state index >= 15 is 0 Å². The molecular formula is C28H32FN3O4S. The minimum Gasteiger partial charge on any atom is -0.357 e. The van der Waals surface area contributed by atoms with Crippen molar-refractivity contribution in [1.29, 1.82) is 0 Å². The van der Waals surface area contributed by atoms with Gasteiger partial charge in [-0.1, -0.05) is 73.7 Å². The van der Waals surface area contributed by atoms with Crippen molar-refractivity contribution < 1.29 is 22.4 Å². The lowest BCUT2D eigenvalue weighted by molar-refractivity contribution is -0.139. The summed E-state index contributed by atoms with van der Waals surface area (Å²) in [4.78, 5) is 28.2. The molecule has 9 heteroatoms. The van der Waals surface area contributed by atoms with E-state index in [1.807, 2.05) is 37.3 Å². The van der Waals surface area contributed by atoms with E-state index in [-0.39, 0.29) is 18.5 Å². The van der Waals surface area contributed by atoms with Gasteiger partial charge < -0.3 is 10.2 Å². The molecule has 0 fully saturated rings. The summed E-state index contributed by atoms with van der Waals surface area (Å²) in [5.41, 5.74) is 2.18. The molecule has 1 atom stereocenters. The van der Waals surface area contributed by atoms with Crippen LogP contribution in [0.15, 0.2) is 78.9 Å². The summed E-state index contributed by atoms with van der Waals surface area (Å²) in [6.07, 6.45) is 1.77. The standard InChI is InChI=1S/C28H32FN3O4S/c1-4-22-14-9-11-17-25(22)32(37(3,35)36)20-27(33)31(19-23-15-8-10-16-24(23)29)26(28(34)30-2)18-21-12-6-5-7-13-21/h5-17,26H,4,18-20H2,1-3H3,(H,30,34)/t26-/m0/s1. The normalized spacial score (nSPS) is 12.0. The molecule has 0 unspecified atom stereocenters. The van der Waals surface area contributed by atoms with E-state index in [0.717, 1.165) is 21.7 Å². The van der Waals surface area contributed by atoms with Gasteiger partial charge in [-0.25, -0.2) is 12.8 Å². The molecule has 3 rings (SSSR count). The maximum atomic E-state index is 14.7. The first-order chi connectivity index (χ1) is 17.7. The number of halogens is 1. The summed E-state index contributed by atoms with van der Waals surface area (Å²) < 4.78 is 41.4. The quantitative estimate of drug-likeness (QED) is 0.415. The summed E-state index contributed by atoms with van der Waals surface area (Å²) in [6, 6.07) is 21.1. The SMILES string of the molecule is CCc1ccccc1N(CC(=O)N(Cc1ccccc1F)[C@@H](Cc1ccccc1)C(=O)NC)S(C)(=O)=O. The largest absolute Gasteiger partial charge is 0.357 e. The van der Waals surface area contributed by atoms with Crippen LogP contribution in [0.25, 0.3) is 0 Å². The highest BCUT2D eigenvalue weighted by atomic mass is 32.2. The fourth-order valence-electron chi connectivity index (χ4n) is 4.18. The van der Waals surface area contributed by atoms with Gasteiger partial charge in [0.15, 0.2) is 0 Å². The Kier molecular flexibility index (Phi) is 9.41. The van der Waals surface area contributed by atoms with Gasteiger partial charge in [0, 0.05) is 25.6 Å². The van der Waals surface area contributed by atoms with Gasteiger partial charge in [0.1, 0.15) is 18.4 Å². The van der Waals surface area contributed by atoms with Crippen molar-refractivity contribution in [3.05, 3.63) is 101 Å². The zero-order valence-electron chi connectivity index (χ0n) is 21.2. The molecule has 0 aliphatic rings. The minimum absolute atomic E-state index is 0.172. The Labute approximate surface area is 218 Å². The first-order valence-electron chi connectivity index (χ1n) is 12.0. The van der Waals surface area contributed by atoms with E-state index in [1.54, 1.807) is 36.4 Å². The number of carbonyl (C=O) groups excluding carboxylic acids is 2. The van der Waals surface area contributed by atoms with E-state index in [2.05, 4.69) is 5.32 Å². The van der Waals surface area contributed by atoms with Gasteiger partial charge in [-0.15, -0.1) is 0 Å². The molecule has 0 heterocycles. The van der Waals surface area contributed by atoms with E-state index in [4.69, 9.17) is 0 Å². The van der Waals surface area contributed by atoms with E-state index in [0.29, 0.717) is 12.1 Å². The van der Waals surface area contributed by atoms with Gasteiger partial charge in [-0.3, -0.25) is 13.9 Å². The number of amides is 2. The van der Waals surface area contributed by atoms with Gasteiger partial charge in [0.05, 0.1) is 11.9 Å². The molecule has 37 heavy (non-hydrogen) atoms. The van der Waals surface area contributed by atoms with Gasteiger partial charge in [-0.05, 0) is 29.7 Å². The molecule has 0 bridgehead atoms. The number of nitrogens with zero attached hydrogens (tertiary/aromatic N) is 2. The molecule has 0 aromatic heterocycles. The third-order valence-electron chi connectivity index (χ3n) is 6.14. The van der Waals surface area contributed by atoms with Gasteiger partial charge in [0.25, 0.3) is 0 Å². The number of carbonyl (C=O) groups is 2. The molecule has 0 saturated heterocycles. The number of rotatable bonds is 11. The van der Waals surface area contributed by atoms with Crippen LogP contribution >= 0.6 is 0 Å². The molecule has 3 aromatic carbocycles. The number of benzene rings is 3. The molecule has 2 amide bonds. The van der Waals surface area contributed by atoms with E-state index in [9.17, 15) is 22.4 Å². The highest BCUT2D eigenvalue weighted by Crippen LogP contribution is 2.25. The predicted molar refractivity (Wildman–Crippen MR) is 143 cm³/mol. The van der Waals surface area contributed by atoms with Crippen LogP contribution in [-0.4, -0.2) is 51.0 Å². The van der Waals surface area contributed by atoms with Crippen molar-refractivity contribution in [2.75, 3.05) is 24.2 Å². The predicted octanol–water partition coefficient (Wildman–Crippen LogP) is 3.54. The topological polar surface area (TPSA) is 86.8 Å². The summed E-state index contributed by atoms with van der Waals surface area (Å²) >= 11 is 0. The molecular weight excluding hydrogens is 493 g/mol. The number of nitrogens with one attached hydrogen (secondary N) is 1. The Morgan fingerprint density at radius 3 is 2.11 bits per heavy atom. The van der Waals surface area contributed by atoms with Crippen LogP contribution in [0.2, 0.25) is 0 Å². The van der Waals surface area contributed by atoms with Gasteiger partial charge in [-0.2, -0.15) is 0 Å².